The Kier molecular flexibility index (Phi) is 6.71. The lowest BCUT2D eigenvalue weighted by molar-refractivity contribution is -0.116. The van der Waals surface area contributed by atoms with Crippen LogP contribution in [0.1, 0.15) is 18.1 Å². The highest BCUT2D eigenvalue weighted by Crippen LogP contribution is 2.23. The molecule has 0 aliphatic carbocycles. The largest absolute Gasteiger partial charge is 0.312 e. The number of thioether (sulfide) groups is 1. The van der Waals surface area contributed by atoms with E-state index < -0.39 is 0 Å². The molecule has 0 radical (unpaired) electrons. The van der Waals surface area contributed by atoms with Gasteiger partial charge in [-0.05, 0) is 43.2 Å². The summed E-state index contributed by atoms with van der Waals surface area (Å²) in [4.78, 5) is 32.9. The van der Waals surface area contributed by atoms with Crippen molar-refractivity contribution in [2.75, 3.05) is 17.2 Å². The van der Waals surface area contributed by atoms with Crippen LogP contribution in [0.3, 0.4) is 0 Å². The molecule has 0 saturated heterocycles. The van der Waals surface area contributed by atoms with Crippen LogP contribution in [0.2, 0.25) is 0 Å². The van der Waals surface area contributed by atoms with Gasteiger partial charge in [0, 0.05) is 12.2 Å². The molecule has 162 valence electrons. The zero-order chi connectivity index (χ0) is 22.5. The van der Waals surface area contributed by atoms with Crippen molar-refractivity contribution in [3.05, 3.63) is 100 Å². The van der Waals surface area contributed by atoms with Crippen LogP contribution in [0.25, 0.3) is 10.9 Å². The molecule has 0 fully saturated rings. The van der Waals surface area contributed by atoms with Gasteiger partial charge in [-0.25, -0.2) is 4.98 Å². The second kappa shape index (κ2) is 9.83. The van der Waals surface area contributed by atoms with Crippen molar-refractivity contribution in [1.82, 2.24) is 9.55 Å². The topological polar surface area (TPSA) is 55.2 Å². The first-order valence-corrected chi connectivity index (χ1v) is 11.6. The Balaban J connectivity index is 1.66. The Morgan fingerprint density at radius 3 is 2.41 bits per heavy atom. The Bertz CT molecular complexity index is 1300. The van der Waals surface area contributed by atoms with Gasteiger partial charge in [0.1, 0.15) is 0 Å². The maximum Gasteiger partial charge on any atom is 0.262 e. The van der Waals surface area contributed by atoms with Crippen LogP contribution < -0.4 is 10.5 Å². The molecule has 1 aromatic heterocycles. The summed E-state index contributed by atoms with van der Waals surface area (Å²) in [7, 11) is 0. The number of carbonyl (C=O) groups is 1. The second-order valence-corrected chi connectivity index (χ2v) is 8.44. The molecule has 6 heteroatoms. The summed E-state index contributed by atoms with van der Waals surface area (Å²) in [5.74, 6) is 0.183. The lowest BCUT2D eigenvalue weighted by Crippen LogP contribution is -2.33. The molecule has 0 atom stereocenters. The first kappa shape index (κ1) is 21.8. The quantitative estimate of drug-likeness (QED) is 0.301. The van der Waals surface area contributed by atoms with Gasteiger partial charge in [-0.15, -0.1) is 0 Å². The summed E-state index contributed by atoms with van der Waals surface area (Å²) in [6.45, 7) is 4.95. The number of nitrogens with zero attached hydrogens (tertiary/aromatic N) is 3. The minimum atomic E-state index is -0.0966. The minimum absolute atomic E-state index is 0.0135. The van der Waals surface area contributed by atoms with Gasteiger partial charge in [0.15, 0.2) is 5.16 Å². The average molecular weight is 444 g/mol. The van der Waals surface area contributed by atoms with E-state index in [2.05, 4.69) is 0 Å². The monoisotopic (exact) mass is 443 g/mol. The number of fused-ring (bicyclic) bond motifs is 1. The zero-order valence-corrected chi connectivity index (χ0v) is 19.0. The number of benzene rings is 3. The van der Waals surface area contributed by atoms with Crippen molar-refractivity contribution in [2.24, 2.45) is 0 Å². The molecule has 0 unspecified atom stereocenters. The molecule has 0 aliphatic rings. The number of amides is 1. The molecular formula is C26H25N3O2S. The Morgan fingerprint density at radius 1 is 0.969 bits per heavy atom. The fourth-order valence-electron chi connectivity index (χ4n) is 3.71. The molecule has 4 rings (SSSR count). The summed E-state index contributed by atoms with van der Waals surface area (Å²) in [6, 6.07) is 25.0. The molecule has 4 aromatic rings. The van der Waals surface area contributed by atoms with E-state index in [0.717, 1.165) is 16.8 Å². The molecule has 0 spiro atoms. The molecular weight excluding hydrogens is 418 g/mol. The molecule has 0 saturated carbocycles. The lowest BCUT2D eigenvalue weighted by Gasteiger charge is -2.23. The van der Waals surface area contributed by atoms with Crippen LogP contribution in [0, 0.1) is 6.92 Å². The number of para-hydroxylation sites is 2. The number of rotatable bonds is 7. The zero-order valence-electron chi connectivity index (χ0n) is 18.2. The molecule has 0 N–H and O–H groups in total. The van der Waals surface area contributed by atoms with Crippen molar-refractivity contribution in [3.8, 4) is 0 Å². The lowest BCUT2D eigenvalue weighted by atomic mass is 10.2. The van der Waals surface area contributed by atoms with E-state index in [-0.39, 0.29) is 17.2 Å². The van der Waals surface area contributed by atoms with E-state index in [4.69, 9.17) is 4.98 Å². The van der Waals surface area contributed by atoms with Crippen molar-refractivity contribution >= 4 is 34.3 Å². The SMILES string of the molecule is CCN(C(=O)CSc1nc2ccccc2c(=O)n1Cc1ccccc1)c1ccccc1C. The Labute approximate surface area is 191 Å². The number of hydrogen-bond donors (Lipinski definition) is 0. The van der Waals surface area contributed by atoms with Gasteiger partial charge in [0.05, 0.1) is 23.2 Å². The van der Waals surface area contributed by atoms with Crippen molar-refractivity contribution in [1.29, 1.82) is 0 Å². The van der Waals surface area contributed by atoms with Crippen molar-refractivity contribution < 1.29 is 4.79 Å². The van der Waals surface area contributed by atoms with Crippen LogP contribution in [0.15, 0.2) is 88.8 Å². The molecule has 5 nitrogen and oxygen atoms in total. The van der Waals surface area contributed by atoms with Gasteiger partial charge >= 0.3 is 0 Å². The predicted molar refractivity (Wildman–Crippen MR) is 131 cm³/mol. The highest BCUT2D eigenvalue weighted by Gasteiger charge is 2.18. The summed E-state index contributed by atoms with van der Waals surface area (Å²) in [6.07, 6.45) is 0. The highest BCUT2D eigenvalue weighted by molar-refractivity contribution is 7.99. The normalized spacial score (nSPS) is 10.9. The maximum absolute atomic E-state index is 13.3. The third kappa shape index (κ3) is 4.60. The number of hydrogen-bond acceptors (Lipinski definition) is 4. The average Bonchev–Trinajstić information content (AvgIpc) is 2.82. The van der Waals surface area contributed by atoms with E-state index in [1.165, 1.54) is 11.8 Å². The molecule has 0 bridgehead atoms. The van der Waals surface area contributed by atoms with E-state index in [0.29, 0.717) is 29.1 Å². The molecule has 1 heterocycles. The van der Waals surface area contributed by atoms with Gasteiger partial charge in [0.2, 0.25) is 5.91 Å². The van der Waals surface area contributed by atoms with Crippen molar-refractivity contribution in [3.63, 3.8) is 0 Å². The Hall–Kier alpha value is -3.38. The van der Waals surface area contributed by atoms with Crippen LogP contribution in [0.5, 0.6) is 0 Å². The summed E-state index contributed by atoms with van der Waals surface area (Å²) in [5.41, 5.74) is 3.52. The summed E-state index contributed by atoms with van der Waals surface area (Å²) >= 11 is 1.31. The maximum atomic E-state index is 13.3. The van der Waals surface area contributed by atoms with Gasteiger partial charge in [-0.3, -0.25) is 14.2 Å². The molecule has 1 amide bonds. The van der Waals surface area contributed by atoms with Crippen molar-refractivity contribution in [2.45, 2.75) is 25.5 Å². The predicted octanol–water partition coefficient (Wildman–Crippen LogP) is 4.90. The number of aromatic nitrogens is 2. The Morgan fingerprint density at radius 2 is 1.66 bits per heavy atom. The summed E-state index contributed by atoms with van der Waals surface area (Å²) in [5, 5.41) is 1.13. The van der Waals surface area contributed by atoms with E-state index in [9.17, 15) is 9.59 Å². The molecule has 0 aliphatic heterocycles. The van der Waals surface area contributed by atoms with E-state index in [1.54, 1.807) is 15.5 Å². The second-order valence-electron chi connectivity index (χ2n) is 7.50. The van der Waals surface area contributed by atoms with Crippen LogP contribution in [-0.4, -0.2) is 27.8 Å². The van der Waals surface area contributed by atoms with Gasteiger partial charge < -0.3 is 4.90 Å². The van der Waals surface area contributed by atoms with Gasteiger partial charge in [-0.2, -0.15) is 0 Å². The van der Waals surface area contributed by atoms with Crippen LogP contribution >= 0.6 is 11.8 Å². The fraction of sp³-hybridized carbons (Fsp3) is 0.192. The number of anilines is 1. The molecule has 32 heavy (non-hydrogen) atoms. The van der Waals surface area contributed by atoms with Crippen LogP contribution in [0.4, 0.5) is 5.69 Å². The van der Waals surface area contributed by atoms with Gasteiger partial charge in [0.25, 0.3) is 5.56 Å². The highest BCUT2D eigenvalue weighted by atomic mass is 32.2. The van der Waals surface area contributed by atoms with Crippen LogP contribution in [-0.2, 0) is 11.3 Å². The summed E-state index contributed by atoms with van der Waals surface area (Å²) < 4.78 is 1.67. The minimum Gasteiger partial charge on any atom is -0.312 e. The van der Waals surface area contributed by atoms with E-state index >= 15 is 0 Å². The van der Waals surface area contributed by atoms with Gasteiger partial charge in [-0.1, -0.05) is 72.4 Å². The standard InChI is InChI=1S/C26H25N3O2S/c1-3-28(23-16-10-7-11-19(23)2)24(30)18-32-26-27-22-15-9-8-14-21(22)25(31)29(26)17-20-12-5-4-6-13-20/h4-16H,3,17-18H2,1-2H3. The fourth-order valence-corrected chi connectivity index (χ4v) is 4.59. The smallest absolute Gasteiger partial charge is 0.262 e. The third-order valence-electron chi connectivity index (χ3n) is 5.36. The molecule has 3 aromatic carbocycles. The number of carbonyl (C=O) groups excluding carboxylic acids is 1. The first-order valence-electron chi connectivity index (χ1n) is 10.6. The van der Waals surface area contributed by atoms with E-state index in [1.807, 2.05) is 86.6 Å². The first-order chi connectivity index (χ1) is 15.6. The number of aryl methyl sites for hydroxylation is 1. The third-order valence-corrected chi connectivity index (χ3v) is 6.32.